The summed E-state index contributed by atoms with van der Waals surface area (Å²) in [4.78, 5) is 0. The van der Waals surface area contributed by atoms with Crippen molar-refractivity contribution in [3.8, 4) is 11.1 Å². The van der Waals surface area contributed by atoms with Crippen molar-refractivity contribution in [3.05, 3.63) is 140 Å². The standard InChI is InChI=1S/C40H23N/c1-2-9-25-23-39-37(21-24(25)8-1)34-15-7-14-33-36-22-27(17-19-38(36)41(39)40(33)34)26-16-18-32-30-12-4-3-10-28(30)29-11-5-6-13-31(29)35(32)20-26/h1-23H. The summed E-state index contributed by atoms with van der Waals surface area (Å²) in [5, 5.41) is 15.7. The van der Waals surface area contributed by atoms with Crippen molar-refractivity contribution in [2.45, 2.75) is 0 Å². The van der Waals surface area contributed by atoms with Crippen LogP contribution in [0.2, 0.25) is 0 Å². The van der Waals surface area contributed by atoms with Crippen LogP contribution in [0, 0.1) is 0 Å². The Bertz CT molecular complexity index is 2650. The van der Waals surface area contributed by atoms with Gasteiger partial charge in [-0.2, -0.15) is 0 Å². The lowest BCUT2D eigenvalue weighted by molar-refractivity contribution is 1.37. The summed E-state index contributed by atoms with van der Waals surface area (Å²) in [5.74, 6) is 0. The molecule has 0 saturated heterocycles. The van der Waals surface area contributed by atoms with Crippen LogP contribution < -0.4 is 0 Å². The van der Waals surface area contributed by atoms with Gasteiger partial charge in [0.05, 0.1) is 16.6 Å². The number of aromatic nitrogens is 1. The third kappa shape index (κ3) is 2.75. The molecule has 0 atom stereocenters. The Morgan fingerprint density at radius 2 is 0.780 bits per heavy atom. The van der Waals surface area contributed by atoms with Crippen LogP contribution in [0.5, 0.6) is 0 Å². The molecule has 41 heavy (non-hydrogen) atoms. The number of hydrogen-bond acceptors (Lipinski definition) is 0. The van der Waals surface area contributed by atoms with Crippen LogP contribution in [0.25, 0.3) is 92.3 Å². The number of hydrogen-bond donors (Lipinski definition) is 0. The smallest absolute Gasteiger partial charge is 0.0620 e. The molecule has 0 amide bonds. The van der Waals surface area contributed by atoms with Crippen molar-refractivity contribution in [1.29, 1.82) is 0 Å². The largest absolute Gasteiger partial charge is 0.308 e. The second-order valence-corrected chi connectivity index (χ2v) is 11.3. The highest BCUT2D eigenvalue weighted by Gasteiger charge is 2.18. The molecule has 0 spiro atoms. The first-order valence-electron chi connectivity index (χ1n) is 14.3. The van der Waals surface area contributed by atoms with E-state index in [1.54, 1.807) is 0 Å². The Morgan fingerprint density at radius 3 is 1.46 bits per heavy atom. The number of para-hydroxylation sites is 1. The van der Waals surface area contributed by atoms with E-state index in [2.05, 4.69) is 144 Å². The van der Waals surface area contributed by atoms with Crippen LogP contribution in [-0.4, -0.2) is 4.40 Å². The maximum absolute atomic E-state index is 2.48. The first kappa shape index (κ1) is 21.4. The van der Waals surface area contributed by atoms with Gasteiger partial charge in [-0.25, -0.2) is 0 Å². The minimum Gasteiger partial charge on any atom is -0.308 e. The molecule has 0 fully saturated rings. The van der Waals surface area contributed by atoms with Gasteiger partial charge in [0.2, 0.25) is 0 Å². The van der Waals surface area contributed by atoms with Crippen LogP contribution in [0.1, 0.15) is 0 Å². The Hall–Kier alpha value is -5.40. The first-order valence-corrected chi connectivity index (χ1v) is 14.3. The van der Waals surface area contributed by atoms with Crippen molar-refractivity contribution in [3.63, 3.8) is 0 Å². The van der Waals surface area contributed by atoms with Gasteiger partial charge in [-0.1, -0.05) is 109 Å². The summed E-state index contributed by atoms with van der Waals surface area (Å²) >= 11 is 0. The van der Waals surface area contributed by atoms with Crippen molar-refractivity contribution < 1.29 is 0 Å². The number of rotatable bonds is 1. The molecule has 0 aliphatic heterocycles. The first-order chi connectivity index (χ1) is 20.3. The number of fused-ring (bicyclic) bond motifs is 13. The molecule has 188 valence electrons. The van der Waals surface area contributed by atoms with Gasteiger partial charge < -0.3 is 4.40 Å². The molecular formula is C40H23N. The van der Waals surface area contributed by atoms with E-state index in [0.29, 0.717) is 0 Å². The monoisotopic (exact) mass is 517 g/mol. The SMILES string of the molecule is c1ccc2cc3c(cc2c1)c1cccc2c4cc(-c5ccc6c7ccccc7c7ccccc7c6c5)ccc4n3c21. The molecule has 10 aromatic rings. The van der Waals surface area contributed by atoms with E-state index in [1.165, 1.54) is 92.3 Å². The molecule has 0 radical (unpaired) electrons. The van der Waals surface area contributed by atoms with E-state index < -0.39 is 0 Å². The summed E-state index contributed by atoms with van der Waals surface area (Å²) in [6, 6.07) is 51.8. The molecule has 0 aliphatic carbocycles. The lowest BCUT2D eigenvalue weighted by atomic mass is 9.92. The van der Waals surface area contributed by atoms with Crippen molar-refractivity contribution in [2.75, 3.05) is 0 Å². The zero-order valence-electron chi connectivity index (χ0n) is 22.2. The van der Waals surface area contributed by atoms with Crippen LogP contribution in [-0.2, 0) is 0 Å². The van der Waals surface area contributed by atoms with E-state index in [4.69, 9.17) is 0 Å². The van der Waals surface area contributed by atoms with Gasteiger partial charge in [-0.15, -0.1) is 0 Å². The Balaban J connectivity index is 1.26. The van der Waals surface area contributed by atoms with Gasteiger partial charge in [-0.3, -0.25) is 0 Å². The maximum Gasteiger partial charge on any atom is 0.0620 e. The van der Waals surface area contributed by atoms with E-state index in [9.17, 15) is 0 Å². The summed E-state index contributed by atoms with van der Waals surface area (Å²) in [5.41, 5.74) is 6.37. The topological polar surface area (TPSA) is 4.41 Å². The van der Waals surface area contributed by atoms with E-state index >= 15 is 0 Å². The van der Waals surface area contributed by atoms with Crippen molar-refractivity contribution in [1.82, 2.24) is 4.40 Å². The fourth-order valence-corrected chi connectivity index (χ4v) is 7.43. The molecule has 1 heteroatoms. The second-order valence-electron chi connectivity index (χ2n) is 11.3. The minimum absolute atomic E-state index is 1.25. The van der Waals surface area contributed by atoms with Gasteiger partial charge in [-0.05, 0) is 84.5 Å². The lowest BCUT2D eigenvalue weighted by Crippen LogP contribution is -1.85. The fraction of sp³-hybridized carbons (Fsp3) is 0. The maximum atomic E-state index is 2.48. The van der Waals surface area contributed by atoms with Crippen molar-refractivity contribution >= 4 is 81.2 Å². The molecule has 0 unspecified atom stereocenters. The van der Waals surface area contributed by atoms with Crippen LogP contribution in [0.15, 0.2) is 140 Å². The normalized spacial score (nSPS) is 12.4. The van der Waals surface area contributed by atoms with Gasteiger partial charge in [0.15, 0.2) is 0 Å². The minimum atomic E-state index is 1.25. The predicted octanol–water partition coefficient (Wildman–Crippen LogP) is 11.1. The lowest BCUT2D eigenvalue weighted by Gasteiger charge is -2.12. The Labute approximate surface area is 235 Å². The van der Waals surface area contributed by atoms with Crippen LogP contribution in [0.3, 0.4) is 0 Å². The van der Waals surface area contributed by atoms with Gasteiger partial charge >= 0.3 is 0 Å². The second kappa shape index (κ2) is 7.62. The van der Waals surface area contributed by atoms with E-state index in [-0.39, 0.29) is 0 Å². The van der Waals surface area contributed by atoms with Crippen molar-refractivity contribution in [2.24, 2.45) is 0 Å². The van der Waals surface area contributed by atoms with Gasteiger partial charge in [0.1, 0.15) is 0 Å². The Kier molecular flexibility index (Phi) is 3.98. The summed E-state index contributed by atoms with van der Waals surface area (Å²) < 4.78 is 2.48. The van der Waals surface area contributed by atoms with Crippen LogP contribution >= 0.6 is 0 Å². The van der Waals surface area contributed by atoms with Gasteiger partial charge in [0.25, 0.3) is 0 Å². The summed E-state index contributed by atoms with van der Waals surface area (Å²) in [6.45, 7) is 0. The fourth-order valence-electron chi connectivity index (χ4n) is 7.43. The highest BCUT2D eigenvalue weighted by molar-refractivity contribution is 6.27. The molecule has 1 nitrogen and oxygen atoms in total. The van der Waals surface area contributed by atoms with E-state index in [0.717, 1.165) is 0 Å². The number of nitrogens with zero attached hydrogens (tertiary/aromatic N) is 1. The molecule has 0 bridgehead atoms. The highest BCUT2D eigenvalue weighted by Crippen LogP contribution is 2.42. The van der Waals surface area contributed by atoms with E-state index in [1.807, 2.05) is 0 Å². The molecule has 10 rings (SSSR count). The average molecular weight is 518 g/mol. The zero-order valence-corrected chi connectivity index (χ0v) is 22.2. The molecule has 8 aromatic carbocycles. The molecule has 2 heterocycles. The molecule has 0 N–H and O–H groups in total. The molecule has 0 saturated carbocycles. The summed E-state index contributed by atoms with van der Waals surface area (Å²) in [7, 11) is 0. The van der Waals surface area contributed by atoms with Crippen LogP contribution in [0.4, 0.5) is 0 Å². The molecular weight excluding hydrogens is 494 g/mol. The third-order valence-corrected chi connectivity index (χ3v) is 9.26. The molecule has 2 aromatic heterocycles. The average Bonchev–Trinajstić information content (AvgIpc) is 3.55. The van der Waals surface area contributed by atoms with Gasteiger partial charge in [0, 0.05) is 21.5 Å². The highest BCUT2D eigenvalue weighted by atomic mass is 14.9. The third-order valence-electron chi connectivity index (χ3n) is 9.26. The number of benzene rings is 8. The summed E-state index contributed by atoms with van der Waals surface area (Å²) in [6.07, 6.45) is 0. The predicted molar refractivity (Wildman–Crippen MR) is 177 cm³/mol. The quantitative estimate of drug-likeness (QED) is 0.191. The zero-order chi connectivity index (χ0) is 26.7. The Morgan fingerprint density at radius 1 is 0.293 bits per heavy atom. The molecule has 0 aliphatic rings.